The van der Waals surface area contributed by atoms with Crippen LogP contribution in [0.4, 0.5) is 5.69 Å². The van der Waals surface area contributed by atoms with E-state index >= 15 is 0 Å². The minimum Gasteiger partial charge on any atom is -0.491 e. The molecule has 2 N–H and O–H groups in total. The second-order valence-corrected chi connectivity index (χ2v) is 9.35. The Labute approximate surface area is 189 Å². The fourth-order valence-corrected chi connectivity index (χ4v) is 4.19. The van der Waals surface area contributed by atoms with Crippen molar-refractivity contribution in [3.63, 3.8) is 0 Å². The summed E-state index contributed by atoms with van der Waals surface area (Å²) in [4.78, 5) is 12.5. The first-order valence-electron chi connectivity index (χ1n) is 10.6. The molecule has 7 heteroatoms. The van der Waals surface area contributed by atoms with Crippen LogP contribution in [0.15, 0.2) is 83.8 Å². The number of nitrogens with one attached hydrogen (secondary N) is 2. The van der Waals surface area contributed by atoms with Gasteiger partial charge in [-0.2, -0.15) is 0 Å². The predicted octanol–water partition coefficient (Wildman–Crippen LogP) is 4.64. The van der Waals surface area contributed by atoms with Crippen LogP contribution in [0.1, 0.15) is 36.2 Å². The summed E-state index contributed by atoms with van der Waals surface area (Å²) in [5.74, 6) is 0.662. The number of carbonyl (C=O) groups is 1. The molecule has 1 amide bonds. The second kappa shape index (κ2) is 10.8. The van der Waals surface area contributed by atoms with E-state index in [2.05, 4.69) is 10.0 Å². The van der Waals surface area contributed by atoms with Crippen molar-refractivity contribution in [2.75, 3.05) is 11.3 Å². The average Bonchev–Trinajstić information content (AvgIpc) is 2.78. The highest BCUT2D eigenvalue weighted by Gasteiger charge is 2.13. The van der Waals surface area contributed by atoms with Crippen LogP contribution in [0.2, 0.25) is 0 Å². The van der Waals surface area contributed by atoms with E-state index in [1.807, 2.05) is 38.1 Å². The summed E-state index contributed by atoms with van der Waals surface area (Å²) in [6.45, 7) is 4.53. The molecule has 0 heterocycles. The highest BCUT2D eigenvalue weighted by molar-refractivity contribution is 7.92. The van der Waals surface area contributed by atoms with Crippen LogP contribution in [-0.2, 0) is 16.4 Å². The van der Waals surface area contributed by atoms with Crippen molar-refractivity contribution < 1.29 is 17.9 Å². The molecule has 0 aromatic heterocycles. The molecular formula is C25H28N2O4S. The van der Waals surface area contributed by atoms with Crippen molar-refractivity contribution >= 4 is 21.6 Å². The van der Waals surface area contributed by atoms with Crippen molar-refractivity contribution in [2.45, 2.75) is 37.7 Å². The van der Waals surface area contributed by atoms with E-state index in [9.17, 15) is 13.2 Å². The quantitative estimate of drug-likeness (QED) is 0.439. The topological polar surface area (TPSA) is 84.5 Å². The third-order valence-electron chi connectivity index (χ3n) is 4.68. The van der Waals surface area contributed by atoms with Crippen molar-refractivity contribution in [1.82, 2.24) is 5.32 Å². The standard InChI is InChI=1S/C25H28N2O4S/c1-19(2)31-23-16-10-20(11-17-23)7-6-18-26-25(28)21-12-14-22(15-13-21)27-32(29,30)24-8-4-3-5-9-24/h3-5,8-17,19,27H,6-7,18H2,1-2H3,(H,26,28). The van der Waals surface area contributed by atoms with Gasteiger partial charge in [0.15, 0.2) is 0 Å². The van der Waals surface area contributed by atoms with Gasteiger partial charge in [0.2, 0.25) is 0 Å². The lowest BCUT2D eigenvalue weighted by molar-refractivity contribution is 0.0953. The Morgan fingerprint density at radius 2 is 1.56 bits per heavy atom. The average molecular weight is 453 g/mol. The molecule has 0 atom stereocenters. The molecular weight excluding hydrogens is 424 g/mol. The molecule has 3 aromatic carbocycles. The summed E-state index contributed by atoms with van der Waals surface area (Å²) in [7, 11) is -3.66. The summed E-state index contributed by atoms with van der Waals surface area (Å²) in [5.41, 5.74) is 2.06. The molecule has 3 aromatic rings. The number of sulfonamides is 1. The van der Waals surface area contributed by atoms with Crippen molar-refractivity contribution in [3.05, 3.63) is 90.0 Å². The van der Waals surface area contributed by atoms with Crippen molar-refractivity contribution in [3.8, 4) is 5.75 Å². The smallest absolute Gasteiger partial charge is 0.261 e. The summed E-state index contributed by atoms with van der Waals surface area (Å²) in [6.07, 6.45) is 1.81. The third kappa shape index (κ3) is 6.85. The van der Waals surface area contributed by atoms with Crippen LogP contribution in [0.25, 0.3) is 0 Å². The third-order valence-corrected chi connectivity index (χ3v) is 6.07. The van der Waals surface area contributed by atoms with Crippen molar-refractivity contribution in [2.24, 2.45) is 0 Å². The highest BCUT2D eigenvalue weighted by atomic mass is 32.2. The van der Waals surface area contributed by atoms with Gasteiger partial charge in [-0.3, -0.25) is 9.52 Å². The molecule has 32 heavy (non-hydrogen) atoms. The molecule has 0 bridgehead atoms. The summed E-state index contributed by atoms with van der Waals surface area (Å²) in [5, 5.41) is 2.90. The number of benzene rings is 3. The maximum absolute atomic E-state index is 12.4. The molecule has 0 fully saturated rings. The Bertz CT molecular complexity index is 1110. The molecule has 0 aliphatic rings. The van der Waals surface area contributed by atoms with E-state index in [1.165, 1.54) is 17.7 Å². The van der Waals surface area contributed by atoms with Gasteiger partial charge in [0.25, 0.3) is 15.9 Å². The number of rotatable bonds is 10. The minimum absolute atomic E-state index is 0.147. The van der Waals surface area contributed by atoms with E-state index < -0.39 is 10.0 Å². The van der Waals surface area contributed by atoms with Crippen molar-refractivity contribution in [1.29, 1.82) is 0 Å². The Kier molecular flexibility index (Phi) is 7.89. The largest absolute Gasteiger partial charge is 0.491 e. The summed E-state index contributed by atoms with van der Waals surface area (Å²) >= 11 is 0. The number of hydrogen-bond donors (Lipinski definition) is 2. The zero-order valence-electron chi connectivity index (χ0n) is 18.2. The maximum atomic E-state index is 12.4. The van der Waals surface area contributed by atoms with Crippen LogP contribution in [0, 0.1) is 0 Å². The molecule has 0 spiro atoms. The SMILES string of the molecule is CC(C)Oc1ccc(CCCNC(=O)c2ccc(NS(=O)(=O)c3ccccc3)cc2)cc1. The first-order chi connectivity index (χ1) is 15.3. The lowest BCUT2D eigenvalue weighted by atomic mass is 10.1. The van der Waals surface area contributed by atoms with E-state index in [-0.39, 0.29) is 16.9 Å². The molecule has 168 valence electrons. The number of ether oxygens (including phenoxy) is 1. The van der Waals surface area contributed by atoms with E-state index in [0.29, 0.717) is 17.8 Å². The number of carbonyl (C=O) groups excluding carboxylic acids is 1. The van der Waals surface area contributed by atoms with Gasteiger partial charge in [0, 0.05) is 17.8 Å². The van der Waals surface area contributed by atoms with Gasteiger partial charge in [0.1, 0.15) is 5.75 Å². The lowest BCUT2D eigenvalue weighted by Gasteiger charge is -2.10. The van der Waals surface area contributed by atoms with Gasteiger partial charge < -0.3 is 10.1 Å². The lowest BCUT2D eigenvalue weighted by Crippen LogP contribution is -2.24. The molecule has 0 saturated carbocycles. The number of aryl methyl sites for hydroxylation is 1. The monoisotopic (exact) mass is 452 g/mol. The van der Waals surface area contributed by atoms with Gasteiger partial charge in [-0.05, 0) is 80.8 Å². The van der Waals surface area contributed by atoms with Crippen LogP contribution in [0.5, 0.6) is 5.75 Å². The molecule has 0 aliphatic carbocycles. The number of amides is 1. The highest BCUT2D eigenvalue weighted by Crippen LogP contribution is 2.17. The first kappa shape index (κ1) is 23.3. The van der Waals surface area contributed by atoms with E-state index in [1.54, 1.807) is 42.5 Å². The van der Waals surface area contributed by atoms with Gasteiger partial charge >= 0.3 is 0 Å². The number of anilines is 1. The molecule has 0 saturated heterocycles. The molecule has 0 unspecified atom stereocenters. The van der Waals surface area contributed by atoms with Crippen LogP contribution in [0.3, 0.4) is 0 Å². The van der Waals surface area contributed by atoms with Crippen LogP contribution < -0.4 is 14.8 Å². The Hall–Kier alpha value is -3.32. The predicted molar refractivity (Wildman–Crippen MR) is 127 cm³/mol. The van der Waals surface area contributed by atoms with Gasteiger partial charge in [-0.25, -0.2) is 8.42 Å². The minimum atomic E-state index is -3.66. The van der Waals surface area contributed by atoms with E-state index in [0.717, 1.165) is 18.6 Å². The summed E-state index contributed by atoms with van der Waals surface area (Å²) < 4.78 is 32.9. The fourth-order valence-electron chi connectivity index (χ4n) is 3.11. The fraction of sp³-hybridized carbons (Fsp3) is 0.240. The first-order valence-corrected chi connectivity index (χ1v) is 12.0. The Balaban J connectivity index is 1.45. The van der Waals surface area contributed by atoms with Crippen LogP contribution >= 0.6 is 0 Å². The van der Waals surface area contributed by atoms with Crippen LogP contribution in [-0.4, -0.2) is 27.0 Å². The molecule has 3 rings (SSSR count). The van der Waals surface area contributed by atoms with E-state index in [4.69, 9.17) is 4.74 Å². The van der Waals surface area contributed by atoms with Gasteiger partial charge in [0.05, 0.1) is 11.0 Å². The Morgan fingerprint density at radius 3 is 2.19 bits per heavy atom. The zero-order valence-corrected chi connectivity index (χ0v) is 19.1. The molecule has 0 radical (unpaired) electrons. The van der Waals surface area contributed by atoms with Gasteiger partial charge in [-0.15, -0.1) is 0 Å². The molecule has 0 aliphatic heterocycles. The summed E-state index contributed by atoms with van der Waals surface area (Å²) in [6, 6.07) is 22.5. The maximum Gasteiger partial charge on any atom is 0.261 e. The normalized spacial score (nSPS) is 11.2. The van der Waals surface area contributed by atoms with Gasteiger partial charge in [-0.1, -0.05) is 30.3 Å². The second-order valence-electron chi connectivity index (χ2n) is 7.67. The Morgan fingerprint density at radius 1 is 0.906 bits per heavy atom. The molecule has 6 nitrogen and oxygen atoms in total. The zero-order chi connectivity index (χ0) is 23.0. The number of hydrogen-bond acceptors (Lipinski definition) is 4.